The molecular formula is C27H18ClN3O5S. The summed E-state index contributed by atoms with van der Waals surface area (Å²) < 4.78 is 12.1. The summed E-state index contributed by atoms with van der Waals surface area (Å²) >= 11 is 7.33. The molecule has 0 saturated carbocycles. The van der Waals surface area contributed by atoms with Crippen LogP contribution in [0.25, 0.3) is 21.2 Å². The fourth-order valence-electron chi connectivity index (χ4n) is 4.36. The average Bonchev–Trinajstić information content (AvgIpc) is 3.58. The zero-order chi connectivity index (χ0) is 25.7. The van der Waals surface area contributed by atoms with Gasteiger partial charge in [0.15, 0.2) is 16.7 Å². The van der Waals surface area contributed by atoms with E-state index in [0.717, 1.165) is 4.70 Å². The van der Waals surface area contributed by atoms with Gasteiger partial charge in [-0.2, -0.15) is 0 Å². The van der Waals surface area contributed by atoms with E-state index in [1.54, 1.807) is 60.8 Å². The van der Waals surface area contributed by atoms with Crippen LogP contribution >= 0.6 is 22.9 Å². The van der Waals surface area contributed by atoms with E-state index in [2.05, 4.69) is 9.97 Å². The third-order valence-corrected chi connectivity index (χ3v) is 7.24. The Kier molecular flexibility index (Phi) is 5.66. The standard InChI is InChI=1S/C27H18ClN3O5S/c1-2-35-16-7-8-17-21(13-16)37-27(30-17)31-23(18-5-3-4-10-29-18)22(25(33)26(31)34)24(32)20-12-14-11-15(28)6-9-19(14)36-20/h3-13,23,33H,2H2,1H3. The maximum absolute atomic E-state index is 13.7. The number of anilines is 1. The topological polar surface area (TPSA) is 106 Å². The second-order valence-corrected chi connectivity index (χ2v) is 9.72. The fourth-order valence-corrected chi connectivity index (χ4v) is 5.56. The minimum Gasteiger partial charge on any atom is -0.503 e. The zero-order valence-corrected chi connectivity index (χ0v) is 20.9. The van der Waals surface area contributed by atoms with E-state index in [1.165, 1.54) is 16.2 Å². The largest absolute Gasteiger partial charge is 0.503 e. The maximum atomic E-state index is 13.7. The van der Waals surface area contributed by atoms with E-state index >= 15 is 0 Å². The van der Waals surface area contributed by atoms with Crippen LogP contribution in [0.1, 0.15) is 29.2 Å². The molecule has 5 aromatic rings. The Balaban J connectivity index is 1.47. The number of aliphatic hydroxyl groups excluding tert-OH is 1. The zero-order valence-electron chi connectivity index (χ0n) is 19.3. The first-order chi connectivity index (χ1) is 17.9. The van der Waals surface area contributed by atoms with Crippen molar-refractivity contribution in [1.82, 2.24) is 9.97 Å². The third kappa shape index (κ3) is 3.92. The highest BCUT2D eigenvalue weighted by Crippen LogP contribution is 2.44. The first kappa shape index (κ1) is 23.2. The molecule has 0 radical (unpaired) electrons. The molecule has 4 heterocycles. The van der Waals surface area contributed by atoms with Gasteiger partial charge in [0.2, 0.25) is 5.78 Å². The van der Waals surface area contributed by atoms with Crippen LogP contribution in [-0.4, -0.2) is 33.4 Å². The number of fused-ring (bicyclic) bond motifs is 2. The molecule has 10 heteroatoms. The number of carbonyl (C=O) groups excluding carboxylic acids is 2. The molecule has 1 N–H and O–H groups in total. The molecule has 37 heavy (non-hydrogen) atoms. The SMILES string of the molecule is CCOc1ccc2nc(N3C(=O)C(O)=C(C(=O)c4cc5cc(Cl)ccc5o4)C3c3ccccn3)sc2c1. The lowest BCUT2D eigenvalue weighted by Crippen LogP contribution is -2.31. The second kappa shape index (κ2) is 9.02. The highest BCUT2D eigenvalue weighted by atomic mass is 35.5. The molecule has 1 atom stereocenters. The number of rotatable bonds is 6. The van der Waals surface area contributed by atoms with Gasteiger partial charge < -0.3 is 14.3 Å². The summed E-state index contributed by atoms with van der Waals surface area (Å²) in [5.74, 6) is -1.40. The van der Waals surface area contributed by atoms with Crippen molar-refractivity contribution in [3.05, 3.63) is 94.7 Å². The summed E-state index contributed by atoms with van der Waals surface area (Å²) in [7, 11) is 0. The Morgan fingerprint density at radius 2 is 2.05 bits per heavy atom. The number of aromatic nitrogens is 2. The van der Waals surface area contributed by atoms with E-state index in [-0.39, 0.29) is 11.3 Å². The number of amides is 1. The van der Waals surface area contributed by atoms with Gasteiger partial charge >= 0.3 is 0 Å². The molecule has 2 aromatic carbocycles. The molecular weight excluding hydrogens is 514 g/mol. The maximum Gasteiger partial charge on any atom is 0.296 e. The molecule has 1 aliphatic rings. The van der Waals surface area contributed by atoms with E-state index in [4.69, 9.17) is 20.8 Å². The number of hydrogen-bond donors (Lipinski definition) is 1. The van der Waals surface area contributed by atoms with Crippen molar-refractivity contribution in [2.75, 3.05) is 11.5 Å². The number of aliphatic hydroxyl groups is 1. The lowest BCUT2D eigenvalue weighted by Gasteiger charge is -2.23. The van der Waals surface area contributed by atoms with Gasteiger partial charge in [0.1, 0.15) is 17.4 Å². The molecule has 3 aromatic heterocycles. The van der Waals surface area contributed by atoms with Gasteiger partial charge in [0.25, 0.3) is 5.91 Å². The normalized spacial score (nSPS) is 15.8. The molecule has 0 fully saturated rings. The number of hydrogen-bond acceptors (Lipinski definition) is 8. The number of thiazole rings is 1. The summed E-state index contributed by atoms with van der Waals surface area (Å²) in [4.78, 5) is 37.5. The smallest absolute Gasteiger partial charge is 0.296 e. The van der Waals surface area contributed by atoms with Crippen LogP contribution in [0.5, 0.6) is 5.75 Å². The molecule has 8 nitrogen and oxygen atoms in total. The Bertz CT molecular complexity index is 1730. The van der Waals surface area contributed by atoms with Crippen LogP contribution < -0.4 is 9.64 Å². The van der Waals surface area contributed by atoms with Crippen LogP contribution in [0.15, 0.2) is 82.6 Å². The molecule has 1 aliphatic heterocycles. The third-order valence-electron chi connectivity index (χ3n) is 5.99. The van der Waals surface area contributed by atoms with Crippen molar-refractivity contribution in [2.24, 2.45) is 0 Å². The van der Waals surface area contributed by atoms with Gasteiger partial charge in [0, 0.05) is 16.6 Å². The predicted molar refractivity (Wildman–Crippen MR) is 140 cm³/mol. The highest BCUT2D eigenvalue weighted by Gasteiger charge is 2.47. The van der Waals surface area contributed by atoms with Crippen molar-refractivity contribution in [3.8, 4) is 5.75 Å². The first-order valence-electron chi connectivity index (χ1n) is 11.4. The number of pyridine rings is 1. The van der Waals surface area contributed by atoms with Gasteiger partial charge in [-0.05, 0) is 61.5 Å². The molecule has 6 rings (SSSR count). The summed E-state index contributed by atoms with van der Waals surface area (Å²) in [5.41, 5.74) is 1.38. The van der Waals surface area contributed by atoms with Crippen molar-refractivity contribution >= 4 is 60.9 Å². The number of Topliss-reactive ketones (excluding diaryl/α,β-unsaturated/α-hetero) is 1. The number of carbonyl (C=O) groups is 2. The molecule has 184 valence electrons. The van der Waals surface area contributed by atoms with E-state index in [1.807, 2.05) is 13.0 Å². The number of ketones is 1. The Morgan fingerprint density at radius 3 is 2.84 bits per heavy atom. The number of halogens is 1. The second-order valence-electron chi connectivity index (χ2n) is 8.28. The molecule has 0 aliphatic carbocycles. The number of ether oxygens (including phenoxy) is 1. The molecule has 0 bridgehead atoms. The lowest BCUT2D eigenvalue weighted by atomic mass is 9.98. The average molecular weight is 532 g/mol. The monoisotopic (exact) mass is 531 g/mol. The molecule has 0 spiro atoms. The van der Waals surface area contributed by atoms with Gasteiger partial charge in [-0.15, -0.1) is 0 Å². The molecule has 1 amide bonds. The number of nitrogens with zero attached hydrogens (tertiary/aromatic N) is 3. The minimum atomic E-state index is -1.01. The fraction of sp³-hybridized carbons (Fsp3) is 0.111. The Hall–Kier alpha value is -4.21. The van der Waals surface area contributed by atoms with Crippen LogP contribution in [-0.2, 0) is 4.79 Å². The first-order valence-corrected chi connectivity index (χ1v) is 12.6. The van der Waals surface area contributed by atoms with Crippen LogP contribution in [0.3, 0.4) is 0 Å². The van der Waals surface area contributed by atoms with Crippen molar-refractivity contribution < 1.29 is 23.8 Å². The number of furan rings is 1. The molecule has 1 unspecified atom stereocenters. The number of benzene rings is 2. The van der Waals surface area contributed by atoms with Crippen molar-refractivity contribution in [2.45, 2.75) is 13.0 Å². The summed E-state index contributed by atoms with van der Waals surface area (Å²) in [5, 5.41) is 12.4. The van der Waals surface area contributed by atoms with E-state index in [9.17, 15) is 14.7 Å². The van der Waals surface area contributed by atoms with E-state index in [0.29, 0.717) is 44.7 Å². The van der Waals surface area contributed by atoms with Crippen molar-refractivity contribution in [1.29, 1.82) is 0 Å². The van der Waals surface area contributed by atoms with Gasteiger partial charge in [-0.25, -0.2) is 4.98 Å². The van der Waals surface area contributed by atoms with Gasteiger partial charge in [-0.1, -0.05) is 29.0 Å². The quantitative estimate of drug-likeness (QED) is 0.257. The summed E-state index contributed by atoms with van der Waals surface area (Å²) in [6.45, 7) is 2.41. The predicted octanol–water partition coefficient (Wildman–Crippen LogP) is 6.27. The highest BCUT2D eigenvalue weighted by molar-refractivity contribution is 7.22. The lowest BCUT2D eigenvalue weighted by molar-refractivity contribution is -0.117. The van der Waals surface area contributed by atoms with Crippen LogP contribution in [0, 0.1) is 0 Å². The van der Waals surface area contributed by atoms with Crippen molar-refractivity contribution in [3.63, 3.8) is 0 Å². The molecule has 0 saturated heterocycles. The Morgan fingerprint density at radius 1 is 1.19 bits per heavy atom. The van der Waals surface area contributed by atoms with Gasteiger partial charge in [0.05, 0.1) is 28.1 Å². The summed E-state index contributed by atoms with van der Waals surface area (Å²) in [6.07, 6.45) is 1.56. The van der Waals surface area contributed by atoms with Gasteiger partial charge in [-0.3, -0.25) is 19.5 Å². The Labute approximate surface area is 219 Å². The van der Waals surface area contributed by atoms with Crippen LogP contribution in [0.4, 0.5) is 5.13 Å². The van der Waals surface area contributed by atoms with Crippen LogP contribution in [0.2, 0.25) is 5.02 Å². The summed E-state index contributed by atoms with van der Waals surface area (Å²) in [6, 6.07) is 16.1. The van der Waals surface area contributed by atoms with E-state index < -0.39 is 23.5 Å². The minimum absolute atomic E-state index is 0.0277.